The third kappa shape index (κ3) is 3.19. The summed E-state index contributed by atoms with van der Waals surface area (Å²) in [6, 6.07) is 13.5. The molecule has 2 heterocycles. The van der Waals surface area contributed by atoms with Crippen LogP contribution >= 0.6 is 11.6 Å². The normalized spacial score (nSPS) is 19.1. The van der Waals surface area contributed by atoms with Crippen molar-refractivity contribution in [1.82, 2.24) is 4.90 Å². The van der Waals surface area contributed by atoms with E-state index in [0.717, 1.165) is 35.8 Å². The van der Waals surface area contributed by atoms with Crippen LogP contribution in [0.15, 0.2) is 42.5 Å². The molecule has 2 aromatic carbocycles. The number of hydrogen-bond donors (Lipinski definition) is 0. The van der Waals surface area contributed by atoms with Gasteiger partial charge in [-0.15, -0.1) is 0 Å². The number of carbonyl (C=O) groups is 1. The standard InChI is InChI=1S/C20H21ClN2O3/c1-25-18-5-3-2-4-16(18)22-8-10-23(11-9-22)20(24)19-13-14-12-15(21)6-7-17(14)26-19/h2-7,12,19H,8-11,13H2,1H3/t19-/m0/s1. The summed E-state index contributed by atoms with van der Waals surface area (Å²) >= 11 is 6.03. The van der Waals surface area contributed by atoms with Gasteiger partial charge in [-0.1, -0.05) is 23.7 Å². The number of carbonyl (C=O) groups excluding carboxylic acids is 1. The molecule has 4 rings (SSSR count). The second-order valence-corrected chi connectivity index (χ2v) is 6.98. The number of halogens is 1. The van der Waals surface area contributed by atoms with Crippen LogP contribution in [-0.2, 0) is 11.2 Å². The fraction of sp³-hybridized carbons (Fsp3) is 0.350. The van der Waals surface area contributed by atoms with Gasteiger partial charge in [0.25, 0.3) is 5.91 Å². The van der Waals surface area contributed by atoms with Crippen LogP contribution in [0, 0.1) is 0 Å². The Morgan fingerprint density at radius 2 is 1.92 bits per heavy atom. The Balaban J connectivity index is 1.39. The first kappa shape index (κ1) is 17.0. The van der Waals surface area contributed by atoms with Gasteiger partial charge < -0.3 is 19.3 Å². The Morgan fingerprint density at radius 1 is 1.15 bits per heavy atom. The molecule has 136 valence electrons. The van der Waals surface area contributed by atoms with Gasteiger partial charge in [0.2, 0.25) is 0 Å². The smallest absolute Gasteiger partial charge is 0.264 e. The van der Waals surface area contributed by atoms with Gasteiger partial charge in [-0.3, -0.25) is 4.79 Å². The summed E-state index contributed by atoms with van der Waals surface area (Å²) in [5.74, 6) is 1.68. The van der Waals surface area contributed by atoms with Crippen LogP contribution in [0.4, 0.5) is 5.69 Å². The summed E-state index contributed by atoms with van der Waals surface area (Å²) in [6.45, 7) is 2.90. The zero-order valence-electron chi connectivity index (χ0n) is 14.7. The van der Waals surface area contributed by atoms with Gasteiger partial charge in [-0.05, 0) is 35.9 Å². The van der Waals surface area contributed by atoms with Gasteiger partial charge in [0.05, 0.1) is 12.8 Å². The Labute approximate surface area is 158 Å². The van der Waals surface area contributed by atoms with E-state index in [-0.39, 0.29) is 5.91 Å². The number of benzene rings is 2. The molecule has 1 fully saturated rings. The third-order valence-electron chi connectivity index (χ3n) is 4.99. The number of ether oxygens (including phenoxy) is 2. The molecule has 26 heavy (non-hydrogen) atoms. The lowest BCUT2D eigenvalue weighted by atomic mass is 10.1. The van der Waals surface area contributed by atoms with Crippen molar-refractivity contribution in [2.75, 3.05) is 38.2 Å². The minimum Gasteiger partial charge on any atom is -0.495 e. The molecular weight excluding hydrogens is 352 g/mol. The highest BCUT2D eigenvalue weighted by molar-refractivity contribution is 6.30. The molecule has 2 aliphatic heterocycles. The Kier molecular flexibility index (Phi) is 4.64. The molecule has 0 saturated carbocycles. The topological polar surface area (TPSA) is 42.0 Å². The van der Waals surface area contributed by atoms with E-state index in [1.54, 1.807) is 13.2 Å². The minimum absolute atomic E-state index is 0.0528. The van der Waals surface area contributed by atoms with Gasteiger partial charge >= 0.3 is 0 Å². The predicted octanol–water partition coefficient (Wildman–Crippen LogP) is 3.00. The van der Waals surface area contributed by atoms with Crippen molar-refractivity contribution in [2.24, 2.45) is 0 Å². The van der Waals surface area contributed by atoms with Crippen molar-refractivity contribution < 1.29 is 14.3 Å². The lowest BCUT2D eigenvalue weighted by Gasteiger charge is -2.37. The average molecular weight is 373 g/mol. The van der Waals surface area contributed by atoms with E-state index in [2.05, 4.69) is 11.0 Å². The maximum absolute atomic E-state index is 12.8. The fourth-order valence-electron chi connectivity index (χ4n) is 3.62. The first-order valence-corrected chi connectivity index (χ1v) is 9.15. The number of amides is 1. The van der Waals surface area contributed by atoms with E-state index in [1.165, 1.54) is 0 Å². The first-order chi connectivity index (χ1) is 12.7. The molecule has 0 aromatic heterocycles. The molecule has 1 atom stereocenters. The van der Waals surface area contributed by atoms with Crippen LogP contribution < -0.4 is 14.4 Å². The monoisotopic (exact) mass is 372 g/mol. The molecule has 0 bridgehead atoms. The zero-order valence-corrected chi connectivity index (χ0v) is 15.4. The number of nitrogens with zero attached hydrogens (tertiary/aromatic N) is 2. The number of piperazine rings is 1. The van der Waals surface area contributed by atoms with Crippen molar-refractivity contribution in [3.8, 4) is 11.5 Å². The number of para-hydroxylation sites is 2. The molecule has 1 saturated heterocycles. The maximum atomic E-state index is 12.8. The van der Waals surface area contributed by atoms with Crippen LogP contribution in [0.5, 0.6) is 11.5 Å². The van der Waals surface area contributed by atoms with Crippen LogP contribution in [0.25, 0.3) is 0 Å². The van der Waals surface area contributed by atoms with Crippen molar-refractivity contribution in [1.29, 1.82) is 0 Å². The number of hydrogen-bond acceptors (Lipinski definition) is 4. The van der Waals surface area contributed by atoms with Crippen LogP contribution in [0.3, 0.4) is 0 Å². The largest absolute Gasteiger partial charge is 0.495 e. The number of fused-ring (bicyclic) bond motifs is 1. The third-order valence-corrected chi connectivity index (χ3v) is 5.22. The van der Waals surface area contributed by atoms with E-state index in [9.17, 15) is 4.79 Å². The second kappa shape index (κ2) is 7.08. The van der Waals surface area contributed by atoms with Gasteiger partial charge in [0.15, 0.2) is 6.10 Å². The van der Waals surface area contributed by atoms with Crippen molar-refractivity contribution in [2.45, 2.75) is 12.5 Å². The van der Waals surface area contributed by atoms with E-state index in [0.29, 0.717) is 24.5 Å². The van der Waals surface area contributed by atoms with Crippen molar-refractivity contribution in [3.05, 3.63) is 53.1 Å². The van der Waals surface area contributed by atoms with Gasteiger partial charge in [0.1, 0.15) is 11.5 Å². The quantitative estimate of drug-likeness (QED) is 0.830. The van der Waals surface area contributed by atoms with Gasteiger partial charge in [-0.25, -0.2) is 0 Å². The van der Waals surface area contributed by atoms with Crippen LogP contribution in [-0.4, -0.2) is 50.2 Å². The first-order valence-electron chi connectivity index (χ1n) is 8.77. The Bertz CT molecular complexity index is 818. The molecule has 0 unspecified atom stereocenters. The summed E-state index contributed by atoms with van der Waals surface area (Å²) < 4.78 is 11.3. The summed E-state index contributed by atoms with van der Waals surface area (Å²) in [5.41, 5.74) is 2.07. The molecule has 2 aliphatic rings. The van der Waals surface area contributed by atoms with E-state index in [4.69, 9.17) is 21.1 Å². The summed E-state index contributed by atoms with van der Waals surface area (Å²) in [6.07, 6.45) is 0.142. The lowest BCUT2D eigenvalue weighted by Crippen LogP contribution is -2.52. The van der Waals surface area contributed by atoms with E-state index >= 15 is 0 Å². The highest BCUT2D eigenvalue weighted by Gasteiger charge is 2.34. The Hall–Kier alpha value is -2.40. The molecule has 6 heteroatoms. The average Bonchev–Trinajstić information content (AvgIpc) is 3.10. The summed E-state index contributed by atoms with van der Waals surface area (Å²) in [4.78, 5) is 17.0. The summed E-state index contributed by atoms with van der Waals surface area (Å²) in [5, 5.41) is 0.672. The van der Waals surface area contributed by atoms with E-state index in [1.807, 2.05) is 35.2 Å². The molecule has 0 radical (unpaired) electrons. The maximum Gasteiger partial charge on any atom is 0.264 e. The van der Waals surface area contributed by atoms with Gasteiger partial charge in [0, 0.05) is 37.6 Å². The fourth-order valence-corrected chi connectivity index (χ4v) is 3.81. The number of anilines is 1. The van der Waals surface area contributed by atoms with Crippen molar-refractivity contribution >= 4 is 23.2 Å². The van der Waals surface area contributed by atoms with Crippen molar-refractivity contribution in [3.63, 3.8) is 0 Å². The van der Waals surface area contributed by atoms with E-state index < -0.39 is 6.10 Å². The lowest BCUT2D eigenvalue weighted by molar-refractivity contribution is -0.138. The molecule has 0 spiro atoms. The molecule has 0 N–H and O–H groups in total. The predicted molar refractivity (Wildman–Crippen MR) is 101 cm³/mol. The van der Waals surface area contributed by atoms with Gasteiger partial charge in [-0.2, -0.15) is 0 Å². The molecule has 1 amide bonds. The minimum atomic E-state index is -0.443. The van der Waals surface area contributed by atoms with Crippen LogP contribution in [0.2, 0.25) is 5.02 Å². The number of methoxy groups -OCH3 is 1. The molecular formula is C20H21ClN2O3. The second-order valence-electron chi connectivity index (χ2n) is 6.55. The highest BCUT2D eigenvalue weighted by Crippen LogP contribution is 2.32. The van der Waals surface area contributed by atoms with Crippen LogP contribution in [0.1, 0.15) is 5.56 Å². The zero-order chi connectivity index (χ0) is 18.1. The SMILES string of the molecule is COc1ccccc1N1CCN(C(=O)[C@@H]2Cc3cc(Cl)ccc3O2)CC1. The highest BCUT2D eigenvalue weighted by atomic mass is 35.5. The molecule has 5 nitrogen and oxygen atoms in total. The molecule has 0 aliphatic carbocycles. The Morgan fingerprint density at radius 3 is 2.69 bits per heavy atom. The number of rotatable bonds is 3. The molecule has 2 aromatic rings. The summed E-state index contributed by atoms with van der Waals surface area (Å²) in [7, 11) is 1.68.